The average molecular weight is 424 g/mol. The van der Waals surface area contributed by atoms with E-state index in [2.05, 4.69) is 27.8 Å². The number of benzene rings is 2. The van der Waals surface area contributed by atoms with E-state index in [9.17, 15) is 9.59 Å². The Hall–Kier alpha value is -3.35. The number of amides is 2. The fraction of sp³-hybridized carbons (Fsp3) is 0.375. The number of nitrogens with one attached hydrogen (secondary N) is 2. The number of carbonyl (C=O) groups excluding carboxylic acids is 2. The number of nitrogens with zero attached hydrogens (tertiary/aromatic N) is 3. The van der Waals surface area contributed by atoms with Crippen LogP contribution in [0, 0.1) is 0 Å². The molecule has 0 atom stereocenters. The lowest BCUT2D eigenvalue weighted by Gasteiger charge is -2.14. The van der Waals surface area contributed by atoms with Gasteiger partial charge in [0.15, 0.2) is 5.96 Å². The molecule has 0 saturated carbocycles. The summed E-state index contributed by atoms with van der Waals surface area (Å²) in [5.74, 6) is 0.535. The first-order valence-corrected chi connectivity index (χ1v) is 10.4. The van der Waals surface area contributed by atoms with Crippen LogP contribution >= 0.6 is 0 Å². The van der Waals surface area contributed by atoms with Gasteiger partial charge in [0.2, 0.25) is 5.91 Å². The van der Waals surface area contributed by atoms with E-state index in [0.717, 1.165) is 18.4 Å². The molecule has 7 heteroatoms. The molecule has 2 amide bonds. The minimum atomic E-state index is -0.0564. The Balaban J connectivity index is 1.93. The van der Waals surface area contributed by atoms with E-state index < -0.39 is 0 Å². The summed E-state index contributed by atoms with van der Waals surface area (Å²) < 4.78 is 0. The number of carbonyl (C=O) groups is 2. The summed E-state index contributed by atoms with van der Waals surface area (Å²) >= 11 is 0. The zero-order valence-electron chi connectivity index (χ0n) is 18.9. The lowest BCUT2D eigenvalue weighted by atomic mass is 10.1. The quantitative estimate of drug-likeness (QED) is 0.476. The van der Waals surface area contributed by atoms with Crippen LogP contribution < -0.4 is 10.6 Å². The van der Waals surface area contributed by atoms with Crippen molar-refractivity contribution in [1.82, 2.24) is 20.4 Å². The molecule has 0 radical (unpaired) electrons. The fourth-order valence-electron chi connectivity index (χ4n) is 2.88. The molecule has 0 unspecified atom stereocenters. The van der Waals surface area contributed by atoms with Crippen LogP contribution in [0.5, 0.6) is 0 Å². The molecule has 166 valence electrons. The highest BCUT2D eigenvalue weighted by molar-refractivity contribution is 5.94. The second kappa shape index (κ2) is 12.4. The number of hydrogen-bond acceptors (Lipinski definition) is 3. The SMILES string of the molecule is CN(C)C(=O)CN=C(NCCc1ccccc1)NCCc1cccc(C(=O)N(C)C)c1. The van der Waals surface area contributed by atoms with Crippen molar-refractivity contribution in [3.05, 3.63) is 71.3 Å². The predicted octanol–water partition coefficient (Wildman–Crippen LogP) is 1.80. The summed E-state index contributed by atoms with van der Waals surface area (Å²) in [6.45, 7) is 1.42. The number of aliphatic imine (C=N–C) groups is 1. The van der Waals surface area contributed by atoms with Crippen molar-refractivity contribution in [2.24, 2.45) is 4.99 Å². The maximum Gasteiger partial charge on any atom is 0.253 e. The fourth-order valence-corrected chi connectivity index (χ4v) is 2.88. The molecule has 0 saturated heterocycles. The highest BCUT2D eigenvalue weighted by Gasteiger charge is 2.09. The van der Waals surface area contributed by atoms with Crippen molar-refractivity contribution in [1.29, 1.82) is 0 Å². The summed E-state index contributed by atoms with van der Waals surface area (Å²) in [7, 11) is 6.93. The van der Waals surface area contributed by atoms with E-state index in [1.54, 1.807) is 33.1 Å². The molecular formula is C24H33N5O2. The molecule has 0 spiro atoms. The third kappa shape index (κ3) is 8.50. The first-order chi connectivity index (χ1) is 14.9. The Morgan fingerprint density at radius 1 is 0.806 bits per heavy atom. The van der Waals surface area contributed by atoms with Gasteiger partial charge in [-0.3, -0.25) is 9.59 Å². The summed E-state index contributed by atoms with van der Waals surface area (Å²) in [5.41, 5.74) is 2.98. The molecule has 31 heavy (non-hydrogen) atoms. The molecule has 0 bridgehead atoms. The Bertz CT molecular complexity index is 879. The van der Waals surface area contributed by atoms with Crippen molar-refractivity contribution < 1.29 is 9.59 Å². The molecule has 0 aliphatic heterocycles. The van der Waals surface area contributed by atoms with E-state index in [1.807, 2.05) is 42.5 Å². The number of rotatable bonds is 9. The number of likely N-dealkylation sites (N-methyl/N-ethyl adjacent to an activating group) is 1. The topological polar surface area (TPSA) is 77.0 Å². The van der Waals surface area contributed by atoms with Gasteiger partial charge in [-0.2, -0.15) is 0 Å². The Kier molecular flexibility index (Phi) is 9.55. The molecule has 2 rings (SSSR count). The molecule has 2 N–H and O–H groups in total. The molecular weight excluding hydrogens is 390 g/mol. The molecule has 7 nitrogen and oxygen atoms in total. The molecule has 0 aliphatic rings. The van der Waals surface area contributed by atoms with Crippen LogP contribution in [-0.2, 0) is 17.6 Å². The molecule has 0 aliphatic carbocycles. The second-order valence-electron chi connectivity index (χ2n) is 7.69. The minimum absolute atomic E-state index is 0.0122. The predicted molar refractivity (Wildman–Crippen MR) is 125 cm³/mol. The second-order valence-corrected chi connectivity index (χ2v) is 7.69. The lowest BCUT2D eigenvalue weighted by Crippen LogP contribution is -2.40. The average Bonchev–Trinajstić information content (AvgIpc) is 2.77. The highest BCUT2D eigenvalue weighted by Crippen LogP contribution is 2.07. The van der Waals surface area contributed by atoms with Crippen molar-refractivity contribution >= 4 is 17.8 Å². The van der Waals surface area contributed by atoms with Gasteiger partial charge in [-0.15, -0.1) is 0 Å². The molecule has 2 aromatic carbocycles. The van der Waals surface area contributed by atoms with Crippen LogP contribution in [0.25, 0.3) is 0 Å². The van der Waals surface area contributed by atoms with Crippen molar-refractivity contribution in [2.75, 3.05) is 47.8 Å². The summed E-state index contributed by atoms with van der Waals surface area (Å²) in [5, 5.41) is 6.59. The maximum absolute atomic E-state index is 12.2. The first-order valence-electron chi connectivity index (χ1n) is 10.4. The summed E-state index contributed by atoms with van der Waals surface area (Å²) in [4.78, 5) is 31.6. The Morgan fingerprint density at radius 3 is 2.03 bits per heavy atom. The van der Waals surface area contributed by atoms with E-state index in [-0.39, 0.29) is 18.4 Å². The number of hydrogen-bond donors (Lipinski definition) is 2. The van der Waals surface area contributed by atoms with Gasteiger partial charge in [0.25, 0.3) is 5.91 Å². The van der Waals surface area contributed by atoms with Gasteiger partial charge in [-0.05, 0) is 36.1 Å². The Labute approximate surface area is 185 Å². The van der Waals surface area contributed by atoms with Crippen LogP contribution in [-0.4, -0.2) is 75.4 Å². The summed E-state index contributed by atoms with van der Waals surface area (Å²) in [6, 6.07) is 17.9. The van der Waals surface area contributed by atoms with Crippen molar-refractivity contribution in [3.8, 4) is 0 Å². The van der Waals surface area contributed by atoms with Gasteiger partial charge in [0.1, 0.15) is 6.54 Å². The standard InChI is InChI=1S/C24H33N5O2/c1-28(2)22(30)18-27-24(25-15-13-19-9-6-5-7-10-19)26-16-14-20-11-8-12-21(17-20)23(31)29(3)4/h5-12,17H,13-16,18H2,1-4H3,(H2,25,26,27). The zero-order valence-corrected chi connectivity index (χ0v) is 18.9. The normalized spacial score (nSPS) is 11.0. The molecule has 0 heterocycles. The van der Waals surface area contributed by atoms with Gasteiger partial charge in [-0.25, -0.2) is 4.99 Å². The van der Waals surface area contributed by atoms with Crippen LogP contribution in [0.4, 0.5) is 0 Å². The highest BCUT2D eigenvalue weighted by atomic mass is 16.2. The largest absolute Gasteiger partial charge is 0.356 e. The molecule has 2 aromatic rings. The Morgan fingerprint density at radius 2 is 1.42 bits per heavy atom. The van der Waals surface area contributed by atoms with Gasteiger partial charge in [0.05, 0.1) is 0 Å². The van der Waals surface area contributed by atoms with Crippen LogP contribution in [0.3, 0.4) is 0 Å². The van der Waals surface area contributed by atoms with Crippen LogP contribution in [0.15, 0.2) is 59.6 Å². The van der Waals surface area contributed by atoms with E-state index in [0.29, 0.717) is 24.6 Å². The first kappa shape index (κ1) is 23.9. The van der Waals surface area contributed by atoms with Crippen molar-refractivity contribution in [3.63, 3.8) is 0 Å². The number of guanidine groups is 1. The van der Waals surface area contributed by atoms with Crippen LogP contribution in [0.2, 0.25) is 0 Å². The minimum Gasteiger partial charge on any atom is -0.356 e. The van der Waals surface area contributed by atoms with Gasteiger partial charge < -0.3 is 20.4 Å². The van der Waals surface area contributed by atoms with Gasteiger partial charge >= 0.3 is 0 Å². The van der Waals surface area contributed by atoms with Gasteiger partial charge in [-0.1, -0.05) is 42.5 Å². The smallest absolute Gasteiger partial charge is 0.253 e. The third-order valence-corrected chi connectivity index (χ3v) is 4.71. The lowest BCUT2D eigenvalue weighted by molar-refractivity contribution is -0.127. The zero-order chi connectivity index (χ0) is 22.6. The molecule has 0 aromatic heterocycles. The van der Waals surface area contributed by atoms with Gasteiger partial charge in [0, 0.05) is 46.8 Å². The van der Waals surface area contributed by atoms with E-state index >= 15 is 0 Å². The van der Waals surface area contributed by atoms with Crippen molar-refractivity contribution in [2.45, 2.75) is 12.8 Å². The third-order valence-electron chi connectivity index (χ3n) is 4.71. The molecule has 0 fully saturated rings. The van der Waals surface area contributed by atoms with E-state index in [4.69, 9.17) is 0 Å². The maximum atomic E-state index is 12.2. The van der Waals surface area contributed by atoms with Crippen LogP contribution in [0.1, 0.15) is 21.5 Å². The monoisotopic (exact) mass is 423 g/mol. The van der Waals surface area contributed by atoms with E-state index in [1.165, 1.54) is 10.5 Å². The summed E-state index contributed by atoms with van der Waals surface area (Å²) in [6.07, 6.45) is 1.59.